The summed E-state index contributed by atoms with van der Waals surface area (Å²) < 4.78 is 7.69. The number of benzene rings is 1. The molecule has 0 spiro atoms. The Hall–Kier alpha value is -2.30. The van der Waals surface area contributed by atoms with Gasteiger partial charge >= 0.3 is 0 Å². The fourth-order valence-corrected chi connectivity index (χ4v) is 3.94. The molecule has 1 atom stereocenters. The quantitative estimate of drug-likeness (QED) is 0.864. The fraction of sp³-hybridized carbons (Fsp3) is 0.500. The molecule has 0 radical (unpaired) electrons. The molecule has 0 fully saturated rings. The van der Waals surface area contributed by atoms with Crippen molar-refractivity contribution in [1.82, 2.24) is 14.7 Å². The summed E-state index contributed by atoms with van der Waals surface area (Å²) in [6.07, 6.45) is 6.49. The highest BCUT2D eigenvalue weighted by molar-refractivity contribution is 5.76. The molecule has 132 valence electrons. The zero-order chi connectivity index (χ0) is 17.4. The van der Waals surface area contributed by atoms with Crippen LogP contribution in [-0.2, 0) is 37.6 Å². The summed E-state index contributed by atoms with van der Waals surface area (Å²) >= 11 is 0. The van der Waals surface area contributed by atoms with E-state index in [1.165, 1.54) is 22.4 Å². The summed E-state index contributed by atoms with van der Waals surface area (Å²) in [5.74, 6) is 1.24. The fourth-order valence-electron chi connectivity index (χ4n) is 3.94. The first-order chi connectivity index (χ1) is 12.1. The second-order valence-electron chi connectivity index (χ2n) is 7.23. The number of hydrogen-bond acceptors (Lipinski definition) is 3. The second kappa shape index (κ2) is 6.54. The average Bonchev–Trinajstić information content (AvgIpc) is 3.05. The molecule has 0 aliphatic carbocycles. The Morgan fingerprint density at radius 1 is 1.36 bits per heavy atom. The minimum atomic E-state index is 0.238. The van der Waals surface area contributed by atoms with Crippen molar-refractivity contribution in [3.8, 4) is 5.75 Å². The van der Waals surface area contributed by atoms with Crippen molar-refractivity contribution in [3.63, 3.8) is 0 Å². The van der Waals surface area contributed by atoms with E-state index in [1.54, 1.807) is 0 Å². The third-order valence-electron chi connectivity index (χ3n) is 5.29. The Morgan fingerprint density at radius 2 is 2.24 bits per heavy atom. The molecule has 5 heteroatoms. The van der Waals surface area contributed by atoms with Crippen LogP contribution in [0.15, 0.2) is 24.4 Å². The molecule has 0 N–H and O–H groups in total. The van der Waals surface area contributed by atoms with Crippen LogP contribution in [0.5, 0.6) is 5.75 Å². The summed E-state index contributed by atoms with van der Waals surface area (Å²) in [7, 11) is 1.98. The molecule has 4 rings (SSSR count). The van der Waals surface area contributed by atoms with Gasteiger partial charge in [-0.25, -0.2) is 0 Å². The van der Waals surface area contributed by atoms with E-state index in [-0.39, 0.29) is 12.0 Å². The van der Waals surface area contributed by atoms with Crippen molar-refractivity contribution in [2.45, 2.75) is 51.7 Å². The van der Waals surface area contributed by atoms with E-state index < -0.39 is 0 Å². The summed E-state index contributed by atoms with van der Waals surface area (Å²) in [4.78, 5) is 14.7. The number of nitrogens with zero attached hydrogens (tertiary/aromatic N) is 3. The highest BCUT2D eigenvalue weighted by Crippen LogP contribution is 2.29. The lowest BCUT2D eigenvalue weighted by atomic mass is 10.0. The Morgan fingerprint density at radius 3 is 3.12 bits per heavy atom. The van der Waals surface area contributed by atoms with Gasteiger partial charge in [-0.15, -0.1) is 0 Å². The third kappa shape index (κ3) is 3.28. The van der Waals surface area contributed by atoms with Gasteiger partial charge in [0.25, 0.3) is 0 Å². The van der Waals surface area contributed by atoms with Crippen LogP contribution in [0.25, 0.3) is 0 Å². The van der Waals surface area contributed by atoms with Gasteiger partial charge in [-0.3, -0.25) is 9.48 Å². The number of amides is 1. The highest BCUT2D eigenvalue weighted by Gasteiger charge is 2.22. The maximum atomic E-state index is 12.7. The Balaban J connectivity index is 1.39. The van der Waals surface area contributed by atoms with E-state index >= 15 is 0 Å². The van der Waals surface area contributed by atoms with Crippen molar-refractivity contribution in [2.75, 3.05) is 6.54 Å². The molecule has 1 aromatic heterocycles. The summed E-state index contributed by atoms with van der Waals surface area (Å²) in [5, 5.41) is 4.33. The van der Waals surface area contributed by atoms with Crippen molar-refractivity contribution >= 4 is 5.91 Å². The SMILES string of the molecule is CC1Cc2cc(CCC(=O)N3CCCc4c(cnn4C)C3)ccc2O1. The van der Waals surface area contributed by atoms with Gasteiger partial charge in [-0.1, -0.05) is 12.1 Å². The van der Waals surface area contributed by atoms with Crippen molar-refractivity contribution in [2.24, 2.45) is 7.05 Å². The first-order valence-electron chi connectivity index (χ1n) is 9.16. The number of fused-ring (bicyclic) bond motifs is 2. The molecule has 25 heavy (non-hydrogen) atoms. The van der Waals surface area contributed by atoms with Gasteiger partial charge in [0.15, 0.2) is 0 Å². The number of rotatable bonds is 3. The van der Waals surface area contributed by atoms with Crippen LogP contribution in [0.2, 0.25) is 0 Å². The molecule has 0 bridgehead atoms. The van der Waals surface area contributed by atoms with Crippen LogP contribution in [-0.4, -0.2) is 33.2 Å². The smallest absolute Gasteiger partial charge is 0.223 e. The lowest BCUT2D eigenvalue weighted by molar-refractivity contribution is -0.131. The number of carbonyl (C=O) groups excluding carboxylic acids is 1. The van der Waals surface area contributed by atoms with Gasteiger partial charge < -0.3 is 9.64 Å². The topological polar surface area (TPSA) is 47.4 Å². The molecule has 0 saturated heterocycles. The largest absolute Gasteiger partial charge is 0.490 e. The Bertz CT molecular complexity index is 796. The summed E-state index contributed by atoms with van der Waals surface area (Å²) in [6.45, 7) is 3.62. The molecule has 1 unspecified atom stereocenters. The summed E-state index contributed by atoms with van der Waals surface area (Å²) in [5.41, 5.74) is 4.95. The van der Waals surface area contributed by atoms with E-state index in [4.69, 9.17) is 4.74 Å². The molecule has 2 aliphatic heterocycles. The zero-order valence-corrected chi connectivity index (χ0v) is 15.0. The molecular formula is C20H25N3O2. The van der Waals surface area contributed by atoms with Crippen molar-refractivity contribution in [1.29, 1.82) is 0 Å². The normalized spacial score (nSPS) is 19.1. The lowest BCUT2D eigenvalue weighted by Gasteiger charge is -2.20. The van der Waals surface area contributed by atoms with Crippen molar-refractivity contribution < 1.29 is 9.53 Å². The number of aryl methyl sites for hydroxylation is 2. The van der Waals surface area contributed by atoms with E-state index in [0.29, 0.717) is 13.0 Å². The maximum Gasteiger partial charge on any atom is 0.223 e. The first-order valence-corrected chi connectivity index (χ1v) is 9.16. The van der Waals surface area contributed by atoms with Crippen LogP contribution in [0, 0.1) is 0 Å². The van der Waals surface area contributed by atoms with Gasteiger partial charge in [-0.2, -0.15) is 5.10 Å². The molecule has 1 aromatic carbocycles. The number of aromatic nitrogens is 2. The molecule has 2 aliphatic rings. The van der Waals surface area contributed by atoms with Crippen LogP contribution >= 0.6 is 0 Å². The van der Waals surface area contributed by atoms with E-state index in [1.807, 2.05) is 28.9 Å². The van der Waals surface area contributed by atoms with Gasteiger partial charge in [-0.05, 0) is 43.4 Å². The maximum absolute atomic E-state index is 12.7. The van der Waals surface area contributed by atoms with E-state index in [9.17, 15) is 4.79 Å². The predicted octanol–water partition coefficient (Wildman–Crippen LogP) is 2.65. The minimum Gasteiger partial charge on any atom is -0.490 e. The molecule has 2 aromatic rings. The molecule has 0 saturated carbocycles. The van der Waals surface area contributed by atoms with Crippen LogP contribution in [0.4, 0.5) is 0 Å². The van der Waals surface area contributed by atoms with Crippen LogP contribution in [0.1, 0.15) is 42.1 Å². The average molecular weight is 339 g/mol. The Kier molecular flexibility index (Phi) is 4.24. The number of hydrogen-bond donors (Lipinski definition) is 0. The van der Waals surface area contributed by atoms with Crippen LogP contribution in [0.3, 0.4) is 0 Å². The lowest BCUT2D eigenvalue weighted by Crippen LogP contribution is -2.30. The Labute approximate surface area is 148 Å². The second-order valence-corrected chi connectivity index (χ2v) is 7.23. The van der Waals surface area contributed by atoms with Crippen LogP contribution < -0.4 is 4.74 Å². The predicted molar refractivity (Wildman–Crippen MR) is 95.5 cm³/mol. The van der Waals surface area contributed by atoms with Crippen molar-refractivity contribution in [3.05, 3.63) is 46.8 Å². The van der Waals surface area contributed by atoms with Gasteiger partial charge in [0.2, 0.25) is 5.91 Å². The zero-order valence-electron chi connectivity index (χ0n) is 15.0. The standard InChI is InChI=1S/C20H25N3O2/c1-14-10-16-11-15(5-7-19(16)25-14)6-8-20(24)23-9-3-4-18-17(13-23)12-21-22(18)2/h5,7,11-12,14H,3-4,6,8-10,13H2,1-2H3. The van der Waals surface area contributed by atoms with Gasteiger partial charge in [0.05, 0.1) is 6.20 Å². The number of ether oxygens (including phenoxy) is 1. The first kappa shape index (κ1) is 16.2. The highest BCUT2D eigenvalue weighted by atomic mass is 16.5. The summed E-state index contributed by atoms with van der Waals surface area (Å²) in [6, 6.07) is 6.34. The molecular weight excluding hydrogens is 314 g/mol. The van der Waals surface area contributed by atoms with Gasteiger partial charge in [0, 0.05) is 44.2 Å². The van der Waals surface area contributed by atoms with E-state index in [0.717, 1.165) is 38.0 Å². The van der Waals surface area contributed by atoms with Gasteiger partial charge in [0.1, 0.15) is 11.9 Å². The minimum absolute atomic E-state index is 0.238. The molecule has 5 nitrogen and oxygen atoms in total. The monoisotopic (exact) mass is 339 g/mol. The van der Waals surface area contributed by atoms with E-state index in [2.05, 4.69) is 24.2 Å². The third-order valence-corrected chi connectivity index (χ3v) is 5.29. The number of carbonyl (C=O) groups is 1. The molecule has 1 amide bonds. The molecule has 3 heterocycles.